The molecule has 0 atom stereocenters. The van der Waals surface area contributed by atoms with Crippen LogP contribution in [0.4, 0.5) is 0 Å². The molecule has 0 radical (unpaired) electrons. The van der Waals surface area contributed by atoms with Crippen LogP contribution in [0.2, 0.25) is 0 Å². The second-order valence-electron chi connectivity index (χ2n) is 4.39. The summed E-state index contributed by atoms with van der Waals surface area (Å²) in [4.78, 5) is 2.20. The second-order valence-corrected chi connectivity index (χ2v) is 5.31. The van der Waals surface area contributed by atoms with Gasteiger partial charge in [0, 0.05) is 29.8 Å². The van der Waals surface area contributed by atoms with E-state index < -0.39 is 0 Å². The van der Waals surface area contributed by atoms with Crippen molar-refractivity contribution in [3.05, 3.63) is 40.8 Å². The van der Waals surface area contributed by atoms with Gasteiger partial charge in [-0.05, 0) is 34.7 Å². The van der Waals surface area contributed by atoms with Crippen LogP contribution in [-0.2, 0) is 4.74 Å². The van der Waals surface area contributed by atoms with Gasteiger partial charge in [-0.1, -0.05) is 15.9 Å². The summed E-state index contributed by atoms with van der Waals surface area (Å²) in [6, 6.07) is 7.86. The second kappa shape index (κ2) is 6.15. The molecule has 1 aliphatic rings. The summed E-state index contributed by atoms with van der Waals surface area (Å²) >= 11 is 3.42. The fraction of sp³-hybridized carbons (Fsp3) is 0.308. The van der Waals surface area contributed by atoms with Crippen molar-refractivity contribution < 1.29 is 4.74 Å². The third-order valence-electron chi connectivity index (χ3n) is 3.04. The van der Waals surface area contributed by atoms with E-state index in [9.17, 15) is 0 Å². The molecule has 2 heterocycles. The summed E-state index contributed by atoms with van der Waals surface area (Å²) in [6.45, 7) is 3.33. The Morgan fingerprint density at radius 3 is 2.65 bits per heavy atom. The molecule has 104 valence electrons. The molecule has 3 rings (SSSR count). The van der Waals surface area contributed by atoms with Gasteiger partial charge >= 0.3 is 0 Å². The highest BCUT2D eigenvalue weighted by Crippen LogP contribution is 2.14. The molecule has 0 saturated carbocycles. The van der Waals surface area contributed by atoms with E-state index in [1.165, 1.54) is 0 Å². The van der Waals surface area contributed by atoms with Gasteiger partial charge in [-0.2, -0.15) is 4.68 Å². The van der Waals surface area contributed by atoms with Gasteiger partial charge in [0.15, 0.2) is 5.82 Å². The number of tetrazole rings is 1. The van der Waals surface area contributed by atoms with E-state index in [0.29, 0.717) is 5.82 Å². The monoisotopic (exact) mass is 335 g/mol. The Labute approximate surface area is 125 Å². The summed E-state index contributed by atoms with van der Waals surface area (Å²) in [5.41, 5.74) is 0.930. The number of morpholine rings is 1. The van der Waals surface area contributed by atoms with Crippen molar-refractivity contribution in [2.75, 3.05) is 26.3 Å². The summed E-state index contributed by atoms with van der Waals surface area (Å²) in [5, 5.41) is 11.8. The minimum absolute atomic E-state index is 0.707. The predicted molar refractivity (Wildman–Crippen MR) is 78.3 cm³/mol. The molecular weight excluding hydrogens is 322 g/mol. The lowest BCUT2D eigenvalue weighted by atomic mass is 10.3. The Bertz CT molecular complexity index is 589. The van der Waals surface area contributed by atoms with E-state index in [1.807, 2.05) is 36.5 Å². The van der Waals surface area contributed by atoms with E-state index in [1.54, 1.807) is 4.68 Å². The molecule has 0 amide bonds. The van der Waals surface area contributed by atoms with Crippen LogP contribution in [0.25, 0.3) is 11.8 Å². The van der Waals surface area contributed by atoms with Crippen LogP contribution >= 0.6 is 15.9 Å². The van der Waals surface area contributed by atoms with Crippen LogP contribution in [0.15, 0.2) is 34.9 Å². The molecule has 1 aromatic heterocycles. The maximum atomic E-state index is 5.32. The maximum Gasteiger partial charge on any atom is 0.181 e. The molecule has 2 aromatic rings. The number of aromatic nitrogens is 4. The topological polar surface area (TPSA) is 56.1 Å². The zero-order chi connectivity index (χ0) is 13.8. The molecule has 20 heavy (non-hydrogen) atoms. The Morgan fingerprint density at radius 2 is 1.90 bits per heavy atom. The standard InChI is InChI=1S/C13H14BrN5O/c14-11-1-3-12(4-2-11)19-13(15-16-17-19)5-6-18-7-9-20-10-8-18/h1-6H,7-10H2/b6-5+. The molecule has 0 unspecified atom stereocenters. The molecule has 1 fully saturated rings. The molecule has 0 N–H and O–H groups in total. The van der Waals surface area contributed by atoms with Crippen molar-refractivity contribution >= 4 is 22.0 Å². The highest BCUT2D eigenvalue weighted by atomic mass is 79.9. The average Bonchev–Trinajstić information content (AvgIpc) is 2.95. The van der Waals surface area contributed by atoms with E-state index >= 15 is 0 Å². The fourth-order valence-corrected chi connectivity index (χ4v) is 2.23. The van der Waals surface area contributed by atoms with Gasteiger partial charge < -0.3 is 9.64 Å². The normalized spacial score (nSPS) is 15.9. The molecule has 7 heteroatoms. The number of rotatable bonds is 3. The summed E-state index contributed by atoms with van der Waals surface area (Å²) in [6.07, 6.45) is 3.94. The van der Waals surface area contributed by atoms with Crippen molar-refractivity contribution in [3.63, 3.8) is 0 Å². The Kier molecular flexibility index (Phi) is 4.08. The lowest BCUT2D eigenvalue weighted by Gasteiger charge is -2.24. The predicted octanol–water partition coefficient (Wildman–Crippen LogP) is 1.73. The minimum Gasteiger partial charge on any atom is -0.378 e. The first-order valence-corrected chi connectivity index (χ1v) is 7.16. The number of nitrogens with zero attached hydrogens (tertiary/aromatic N) is 5. The van der Waals surface area contributed by atoms with Crippen LogP contribution in [0, 0.1) is 0 Å². The number of hydrogen-bond acceptors (Lipinski definition) is 5. The zero-order valence-corrected chi connectivity index (χ0v) is 12.4. The van der Waals surface area contributed by atoms with E-state index in [-0.39, 0.29) is 0 Å². The van der Waals surface area contributed by atoms with Crippen LogP contribution in [0.5, 0.6) is 0 Å². The summed E-state index contributed by atoms with van der Waals surface area (Å²) in [5.74, 6) is 0.707. The highest BCUT2D eigenvalue weighted by Gasteiger charge is 2.08. The largest absolute Gasteiger partial charge is 0.378 e. The van der Waals surface area contributed by atoms with Crippen LogP contribution in [0.3, 0.4) is 0 Å². The quantitative estimate of drug-likeness (QED) is 0.854. The first-order chi connectivity index (χ1) is 9.83. The van der Waals surface area contributed by atoms with Gasteiger partial charge in [-0.25, -0.2) is 0 Å². The highest BCUT2D eigenvalue weighted by molar-refractivity contribution is 9.10. The number of halogens is 1. The Morgan fingerprint density at radius 1 is 1.15 bits per heavy atom. The van der Waals surface area contributed by atoms with Gasteiger partial charge in [-0.3, -0.25) is 0 Å². The van der Waals surface area contributed by atoms with E-state index in [4.69, 9.17) is 4.74 Å². The van der Waals surface area contributed by atoms with Gasteiger partial charge in [-0.15, -0.1) is 5.10 Å². The van der Waals surface area contributed by atoms with Crippen molar-refractivity contribution in [1.82, 2.24) is 25.1 Å². The first kappa shape index (κ1) is 13.3. The van der Waals surface area contributed by atoms with Crippen molar-refractivity contribution in [1.29, 1.82) is 0 Å². The molecule has 0 aliphatic carbocycles. The Hall–Kier alpha value is -1.73. The van der Waals surface area contributed by atoms with Crippen LogP contribution < -0.4 is 0 Å². The molecule has 1 saturated heterocycles. The maximum absolute atomic E-state index is 5.32. The van der Waals surface area contributed by atoms with Gasteiger partial charge in [0.25, 0.3) is 0 Å². The third kappa shape index (κ3) is 3.05. The molecule has 0 bridgehead atoms. The number of ether oxygens (including phenoxy) is 1. The average molecular weight is 336 g/mol. The van der Waals surface area contributed by atoms with Gasteiger partial charge in [0.05, 0.1) is 18.9 Å². The van der Waals surface area contributed by atoms with Crippen LogP contribution in [0.1, 0.15) is 5.82 Å². The van der Waals surface area contributed by atoms with Crippen LogP contribution in [-0.4, -0.2) is 51.4 Å². The van der Waals surface area contributed by atoms with E-state index in [0.717, 1.165) is 36.5 Å². The molecule has 0 spiro atoms. The molecule has 6 nitrogen and oxygen atoms in total. The van der Waals surface area contributed by atoms with Gasteiger partial charge in [0.2, 0.25) is 0 Å². The number of benzene rings is 1. The van der Waals surface area contributed by atoms with Gasteiger partial charge in [0.1, 0.15) is 0 Å². The first-order valence-electron chi connectivity index (χ1n) is 6.37. The fourth-order valence-electron chi connectivity index (χ4n) is 1.96. The van der Waals surface area contributed by atoms with Crippen molar-refractivity contribution in [3.8, 4) is 5.69 Å². The summed E-state index contributed by atoms with van der Waals surface area (Å²) in [7, 11) is 0. The minimum atomic E-state index is 0.707. The lowest BCUT2D eigenvalue weighted by Crippen LogP contribution is -2.31. The smallest absolute Gasteiger partial charge is 0.181 e. The third-order valence-corrected chi connectivity index (χ3v) is 3.57. The molecule has 1 aliphatic heterocycles. The lowest BCUT2D eigenvalue weighted by molar-refractivity contribution is 0.0597. The SMILES string of the molecule is Brc1ccc(-n2nnnc2/C=C/N2CCOCC2)cc1. The molecule has 1 aromatic carbocycles. The molecular formula is C13H14BrN5O. The summed E-state index contributed by atoms with van der Waals surface area (Å²) < 4.78 is 8.05. The number of hydrogen-bond donors (Lipinski definition) is 0. The van der Waals surface area contributed by atoms with E-state index in [2.05, 4.69) is 36.4 Å². The van der Waals surface area contributed by atoms with Crippen molar-refractivity contribution in [2.45, 2.75) is 0 Å². The zero-order valence-electron chi connectivity index (χ0n) is 10.8. The Balaban J connectivity index is 1.79. The van der Waals surface area contributed by atoms with Crippen molar-refractivity contribution in [2.24, 2.45) is 0 Å².